The maximum Gasteiger partial charge on any atom is 0.270 e. The van der Waals surface area contributed by atoms with Crippen molar-refractivity contribution in [2.24, 2.45) is 0 Å². The minimum absolute atomic E-state index is 0.134. The van der Waals surface area contributed by atoms with E-state index in [-0.39, 0.29) is 18.1 Å². The molecule has 2 aromatic rings. The zero-order chi connectivity index (χ0) is 19.3. The van der Waals surface area contributed by atoms with E-state index in [1.807, 2.05) is 17.0 Å². The molecular formula is C20H23N5O3. The molecule has 2 aliphatic heterocycles. The Balaban J connectivity index is 1.61. The molecule has 0 spiro atoms. The second-order valence-electron chi connectivity index (χ2n) is 6.97. The summed E-state index contributed by atoms with van der Waals surface area (Å²) in [5, 5.41) is 9.06. The fourth-order valence-electron chi connectivity index (χ4n) is 3.83. The lowest BCUT2D eigenvalue weighted by Gasteiger charge is -2.43. The van der Waals surface area contributed by atoms with E-state index in [1.165, 1.54) is 0 Å². The van der Waals surface area contributed by atoms with Gasteiger partial charge in [0.25, 0.3) is 5.91 Å². The van der Waals surface area contributed by atoms with Gasteiger partial charge in [-0.1, -0.05) is 6.07 Å². The van der Waals surface area contributed by atoms with Gasteiger partial charge >= 0.3 is 0 Å². The highest BCUT2D eigenvalue weighted by atomic mass is 16.5. The van der Waals surface area contributed by atoms with Crippen LogP contribution < -0.4 is 0 Å². The molecule has 0 aliphatic carbocycles. The molecule has 0 bridgehead atoms. The summed E-state index contributed by atoms with van der Waals surface area (Å²) in [5.41, 5.74) is 1.80. The summed E-state index contributed by atoms with van der Waals surface area (Å²) in [5.74, 6) is -0.134. The Morgan fingerprint density at radius 3 is 2.89 bits per heavy atom. The molecule has 0 unspecified atom stereocenters. The molecule has 4 heterocycles. The van der Waals surface area contributed by atoms with Crippen LogP contribution >= 0.6 is 0 Å². The number of ether oxygens (including phenoxy) is 2. The van der Waals surface area contributed by atoms with Crippen LogP contribution in [0.4, 0.5) is 0 Å². The second-order valence-corrected chi connectivity index (χ2v) is 6.97. The molecule has 2 atom stereocenters. The van der Waals surface area contributed by atoms with E-state index in [4.69, 9.17) is 14.7 Å². The van der Waals surface area contributed by atoms with Crippen molar-refractivity contribution in [1.82, 2.24) is 19.8 Å². The maximum atomic E-state index is 13.2. The number of aromatic amines is 1. The van der Waals surface area contributed by atoms with E-state index in [1.54, 1.807) is 24.7 Å². The van der Waals surface area contributed by atoms with Gasteiger partial charge in [-0.3, -0.25) is 14.7 Å². The zero-order valence-corrected chi connectivity index (χ0v) is 15.6. The molecule has 28 heavy (non-hydrogen) atoms. The number of carbonyl (C=O) groups is 1. The Labute approximate surface area is 163 Å². The average Bonchev–Trinajstić information content (AvgIpc) is 3.24. The number of nitrogens with one attached hydrogen (secondary N) is 1. The van der Waals surface area contributed by atoms with Crippen LogP contribution in [0.3, 0.4) is 0 Å². The number of H-pyrrole nitrogens is 1. The van der Waals surface area contributed by atoms with Crippen LogP contribution in [0.25, 0.3) is 0 Å². The quantitative estimate of drug-likeness (QED) is 0.855. The van der Waals surface area contributed by atoms with E-state index >= 15 is 0 Å². The number of amides is 1. The number of hydrogen-bond donors (Lipinski definition) is 1. The number of morpholine rings is 2. The molecule has 0 aromatic carbocycles. The first-order valence-corrected chi connectivity index (χ1v) is 9.47. The molecule has 2 fully saturated rings. The van der Waals surface area contributed by atoms with E-state index < -0.39 is 0 Å². The predicted octanol–water partition coefficient (Wildman–Crippen LogP) is 1.20. The van der Waals surface area contributed by atoms with Gasteiger partial charge in [0.15, 0.2) is 0 Å². The molecule has 2 saturated heterocycles. The third-order valence-electron chi connectivity index (χ3n) is 5.22. The summed E-state index contributed by atoms with van der Waals surface area (Å²) in [6.07, 6.45) is 4.91. The molecule has 2 aromatic heterocycles. The molecule has 0 radical (unpaired) electrons. The standard InChI is InChI=1S/C20H23N5O3/c21-11-15-10-17(23-12-15)20(26)25-6-9-28-18(14-24-4-7-27-8-5-24)19(25)16-2-1-3-22-13-16/h1-3,10,12-13,18-19,23H,4-9,14H2/t18-,19-/m0/s1. The summed E-state index contributed by atoms with van der Waals surface area (Å²) in [6, 6.07) is 7.26. The first kappa shape index (κ1) is 18.6. The van der Waals surface area contributed by atoms with Crippen molar-refractivity contribution in [1.29, 1.82) is 5.26 Å². The molecular weight excluding hydrogens is 358 g/mol. The lowest BCUT2D eigenvalue weighted by molar-refractivity contribution is -0.0820. The molecule has 8 nitrogen and oxygen atoms in total. The predicted molar refractivity (Wildman–Crippen MR) is 101 cm³/mol. The topological polar surface area (TPSA) is 94.5 Å². The Morgan fingerprint density at radius 1 is 1.32 bits per heavy atom. The van der Waals surface area contributed by atoms with Gasteiger partial charge in [0.2, 0.25) is 0 Å². The smallest absolute Gasteiger partial charge is 0.270 e. The van der Waals surface area contributed by atoms with Crippen LogP contribution in [0.1, 0.15) is 27.7 Å². The third kappa shape index (κ3) is 3.92. The van der Waals surface area contributed by atoms with Crippen LogP contribution in [-0.2, 0) is 9.47 Å². The van der Waals surface area contributed by atoms with Gasteiger partial charge in [0, 0.05) is 44.8 Å². The third-order valence-corrected chi connectivity index (χ3v) is 5.22. The zero-order valence-electron chi connectivity index (χ0n) is 15.6. The number of pyridine rings is 1. The second kappa shape index (κ2) is 8.52. The van der Waals surface area contributed by atoms with E-state index in [9.17, 15) is 4.79 Å². The maximum absolute atomic E-state index is 13.2. The van der Waals surface area contributed by atoms with Gasteiger partial charge in [-0.15, -0.1) is 0 Å². The van der Waals surface area contributed by atoms with Crippen LogP contribution in [0.15, 0.2) is 36.8 Å². The Hall–Kier alpha value is -2.73. The van der Waals surface area contributed by atoms with Crippen molar-refractivity contribution in [2.75, 3.05) is 46.0 Å². The Bertz CT molecular complexity index is 841. The SMILES string of the molecule is N#Cc1c[nH]c(C(=O)N2CCO[C@@H](CN3CCOCC3)[C@@H]2c2cccnc2)c1. The minimum atomic E-state index is -0.244. The Morgan fingerprint density at radius 2 is 2.18 bits per heavy atom. The Kier molecular flexibility index (Phi) is 5.67. The molecule has 4 rings (SSSR count). The van der Waals surface area contributed by atoms with Crippen molar-refractivity contribution in [3.63, 3.8) is 0 Å². The van der Waals surface area contributed by atoms with E-state index in [0.29, 0.717) is 37.6 Å². The summed E-state index contributed by atoms with van der Waals surface area (Å²) in [7, 11) is 0. The van der Waals surface area contributed by atoms with Gasteiger partial charge in [-0.2, -0.15) is 5.26 Å². The van der Waals surface area contributed by atoms with Gasteiger partial charge in [0.1, 0.15) is 11.8 Å². The lowest BCUT2D eigenvalue weighted by Crippen LogP contribution is -2.53. The molecule has 1 amide bonds. The first-order chi connectivity index (χ1) is 13.8. The highest BCUT2D eigenvalue weighted by molar-refractivity contribution is 5.93. The van der Waals surface area contributed by atoms with E-state index in [2.05, 4.69) is 20.9 Å². The summed E-state index contributed by atoms with van der Waals surface area (Å²) in [4.78, 5) is 24.5. The number of rotatable bonds is 4. The minimum Gasteiger partial charge on any atom is -0.379 e. The number of aromatic nitrogens is 2. The fourth-order valence-corrected chi connectivity index (χ4v) is 3.83. The average molecular weight is 381 g/mol. The summed E-state index contributed by atoms with van der Waals surface area (Å²) >= 11 is 0. The van der Waals surface area contributed by atoms with Crippen LogP contribution in [-0.4, -0.2) is 77.8 Å². The molecule has 146 valence electrons. The molecule has 8 heteroatoms. The van der Waals surface area contributed by atoms with Gasteiger partial charge in [-0.05, 0) is 17.7 Å². The number of carbonyl (C=O) groups excluding carboxylic acids is 1. The summed E-state index contributed by atoms with van der Waals surface area (Å²) in [6.45, 7) is 4.83. The van der Waals surface area contributed by atoms with Crippen LogP contribution in [0.2, 0.25) is 0 Å². The first-order valence-electron chi connectivity index (χ1n) is 9.47. The fraction of sp³-hybridized carbons (Fsp3) is 0.450. The normalized spacial score (nSPS) is 23.3. The number of nitriles is 1. The van der Waals surface area contributed by atoms with Gasteiger partial charge in [-0.25, -0.2) is 0 Å². The highest BCUT2D eigenvalue weighted by Gasteiger charge is 2.38. The molecule has 0 saturated carbocycles. The molecule has 1 N–H and O–H groups in total. The number of nitrogens with zero attached hydrogens (tertiary/aromatic N) is 4. The van der Waals surface area contributed by atoms with Crippen molar-refractivity contribution in [3.05, 3.63) is 53.6 Å². The van der Waals surface area contributed by atoms with Crippen molar-refractivity contribution in [2.45, 2.75) is 12.1 Å². The summed E-state index contributed by atoms with van der Waals surface area (Å²) < 4.78 is 11.6. The number of hydrogen-bond acceptors (Lipinski definition) is 6. The van der Waals surface area contributed by atoms with Gasteiger partial charge in [0.05, 0.1) is 37.5 Å². The van der Waals surface area contributed by atoms with E-state index in [0.717, 1.165) is 25.2 Å². The van der Waals surface area contributed by atoms with Crippen LogP contribution in [0, 0.1) is 11.3 Å². The van der Waals surface area contributed by atoms with Crippen LogP contribution in [0.5, 0.6) is 0 Å². The van der Waals surface area contributed by atoms with Crippen molar-refractivity contribution in [3.8, 4) is 6.07 Å². The largest absolute Gasteiger partial charge is 0.379 e. The van der Waals surface area contributed by atoms with Gasteiger partial charge < -0.3 is 19.4 Å². The molecule has 2 aliphatic rings. The lowest BCUT2D eigenvalue weighted by atomic mass is 9.98. The monoisotopic (exact) mass is 381 g/mol. The highest BCUT2D eigenvalue weighted by Crippen LogP contribution is 2.31. The van der Waals surface area contributed by atoms with Crippen molar-refractivity contribution >= 4 is 5.91 Å². The van der Waals surface area contributed by atoms with Crippen molar-refractivity contribution < 1.29 is 14.3 Å².